The Labute approximate surface area is 152 Å². The Bertz CT molecular complexity index is 807. The number of pyridine rings is 1. The van der Waals surface area contributed by atoms with Gasteiger partial charge in [0.1, 0.15) is 18.3 Å². The van der Waals surface area contributed by atoms with Crippen LogP contribution in [0.3, 0.4) is 0 Å². The number of aliphatic hydroxyl groups excluding tert-OH is 4. The molecular weight excluding hydrogens is 348 g/mol. The number of nitrogens with zero attached hydrogens (tertiary/aromatic N) is 2. The molecule has 5 N–H and O–H groups in total. The van der Waals surface area contributed by atoms with Crippen molar-refractivity contribution in [3.8, 4) is 0 Å². The number of aliphatic hydroxyl groups is 4. The summed E-state index contributed by atoms with van der Waals surface area (Å²) in [7, 11) is 0. The number of carboxylic acid groups (broad SMARTS) is 1. The van der Waals surface area contributed by atoms with Crippen molar-refractivity contribution in [2.45, 2.75) is 49.2 Å². The molecule has 0 spiro atoms. The SMILES string of the molecule is [2H]C([2H])([2H])N1C(=O)[C@@H](O)C[C@@H]1c1ccc[n+]([C@@H]2O[C@H](C(=O)O)[C@@H](O)[C@H](O)[C@H]2O)c1. The Hall–Kier alpha value is -2.11. The molecule has 1 aromatic heterocycles. The van der Waals surface area contributed by atoms with Crippen LogP contribution < -0.4 is 4.57 Å². The van der Waals surface area contributed by atoms with Gasteiger partial charge in [0.2, 0.25) is 0 Å². The molecule has 2 fully saturated rings. The molecule has 0 unspecified atom stereocenters. The quantitative estimate of drug-likeness (QED) is 0.360. The number of hydrogen-bond acceptors (Lipinski definition) is 7. The number of aliphatic carboxylic acids is 1. The molecule has 0 radical (unpaired) electrons. The van der Waals surface area contributed by atoms with Crippen LogP contribution in [-0.2, 0) is 14.3 Å². The molecule has 0 bridgehead atoms. The van der Waals surface area contributed by atoms with Crippen molar-refractivity contribution in [2.75, 3.05) is 6.98 Å². The first-order chi connectivity index (χ1) is 13.4. The maximum absolute atomic E-state index is 12.1. The van der Waals surface area contributed by atoms with Gasteiger partial charge in [0.05, 0.1) is 6.04 Å². The molecule has 10 heteroatoms. The van der Waals surface area contributed by atoms with E-state index in [9.17, 15) is 30.0 Å². The summed E-state index contributed by atoms with van der Waals surface area (Å²) >= 11 is 0. The first-order valence-corrected chi connectivity index (χ1v) is 7.88. The number of hydrogen-bond donors (Lipinski definition) is 5. The van der Waals surface area contributed by atoms with Crippen molar-refractivity contribution < 1.29 is 48.5 Å². The molecule has 0 aromatic carbocycles. The van der Waals surface area contributed by atoms with Crippen LogP contribution in [0.5, 0.6) is 0 Å². The predicted molar refractivity (Wildman–Crippen MR) is 82.3 cm³/mol. The lowest BCUT2D eigenvalue weighted by atomic mass is 9.97. The number of amides is 1. The van der Waals surface area contributed by atoms with Crippen molar-refractivity contribution in [2.24, 2.45) is 0 Å². The number of aromatic nitrogens is 1. The summed E-state index contributed by atoms with van der Waals surface area (Å²) in [6.07, 6.45) is -7.50. The molecule has 2 aliphatic rings. The molecule has 3 heterocycles. The lowest BCUT2D eigenvalue weighted by Gasteiger charge is -2.35. The summed E-state index contributed by atoms with van der Waals surface area (Å²) in [6, 6.07) is 1.95. The molecule has 0 saturated carbocycles. The van der Waals surface area contributed by atoms with Crippen LogP contribution in [0.25, 0.3) is 0 Å². The van der Waals surface area contributed by atoms with E-state index in [2.05, 4.69) is 0 Å². The van der Waals surface area contributed by atoms with Crippen molar-refractivity contribution >= 4 is 11.9 Å². The van der Waals surface area contributed by atoms with Gasteiger partial charge in [-0.25, -0.2) is 4.79 Å². The summed E-state index contributed by atoms with van der Waals surface area (Å²) in [5.74, 6) is -2.48. The van der Waals surface area contributed by atoms with E-state index < -0.39 is 61.6 Å². The smallest absolute Gasteiger partial charge is 0.335 e. The Balaban J connectivity index is 1.95. The summed E-state index contributed by atoms with van der Waals surface area (Å²) in [5.41, 5.74) is 0.289. The molecule has 1 aromatic rings. The maximum Gasteiger partial charge on any atom is 0.335 e. The zero-order chi connectivity index (χ0) is 21.7. The molecule has 7 atom stereocenters. The molecule has 3 rings (SSSR count). The minimum atomic E-state index is -2.80. The van der Waals surface area contributed by atoms with E-state index in [1.165, 1.54) is 29.1 Å². The van der Waals surface area contributed by atoms with Crippen LogP contribution >= 0.6 is 0 Å². The number of rotatable bonds is 3. The normalized spacial score (nSPS) is 40.0. The van der Waals surface area contributed by atoms with E-state index in [1.54, 1.807) is 0 Å². The van der Waals surface area contributed by atoms with Gasteiger partial charge in [0.25, 0.3) is 12.1 Å². The zero-order valence-corrected chi connectivity index (χ0v) is 13.4. The molecule has 142 valence electrons. The zero-order valence-electron chi connectivity index (χ0n) is 16.4. The fourth-order valence-electron chi connectivity index (χ4n) is 3.20. The number of likely N-dealkylation sites (tertiary alicyclic amines) is 1. The fourth-order valence-corrected chi connectivity index (χ4v) is 3.20. The Morgan fingerprint density at radius 1 is 1.31 bits per heavy atom. The fraction of sp³-hybridized carbons (Fsp3) is 0.562. The summed E-state index contributed by atoms with van der Waals surface area (Å²) in [6.45, 7) is -2.80. The minimum Gasteiger partial charge on any atom is -0.479 e. The number of ether oxygens (including phenoxy) is 1. The van der Waals surface area contributed by atoms with Crippen LogP contribution in [0.1, 0.15) is 28.4 Å². The summed E-state index contributed by atoms with van der Waals surface area (Å²) in [4.78, 5) is 24.0. The van der Waals surface area contributed by atoms with Crippen molar-refractivity contribution in [1.29, 1.82) is 0 Å². The van der Waals surface area contributed by atoms with E-state index in [4.69, 9.17) is 14.0 Å². The highest BCUT2D eigenvalue weighted by Gasteiger charge is 2.51. The van der Waals surface area contributed by atoms with Gasteiger partial charge >= 0.3 is 5.97 Å². The second kappa shape index (κ2) is 6.89. The maximum atomic E-state index is 12.1. The van der Waals surface area contributed by atoms with Crippen LogP contribution in [0, 0.1) is 0 Å². The minimum absolute atomic E-state index is 0.172. The summed E-state index contributed by atoms with van der Waals surface area (Å²) < 4.78 is 29.1. The van der Waals surface area contributed by atoms with E-state index in [1.807, 2.05) is 0 Å². The standard InChI is InChI=1S/C16H20N2O8/c1-17-8(5-9(19)14(17)23)7-3-2-4-18(6-7)15-12(22)10(20)11(21)13(26-15)16(24)25/h2-4,6,8-13,15,19-22H,5H2,1H3/p+1/t8-,9+,10+,11+,12-,13+,15-/m1/s1/i1D3. The van der Waals surface area contributed by atoms with E-state index in [-0.39, 0.29) is 12.0 Å². The highest BCUT2D eigenvalue weighted by molar-refractivity contribution is 5.83. The second-order valence-electron chi connectivity index (χ2n) is 6.32. The molecule has 2 saturated heterocycles. The molecule has 0 aliphatic carbocycles. The van der Waals surface area contributed by atoms with Crippen LogP contribution in [0.4, 0.5) is 0 Å². The predicted octanol–water partition coefficient (Wildman–Crippen LogP) is -2.70. The van der Waals surface area contributed by atoms with Crippen molar-refractivity contribution in [3.63, 3.8) is 0 Å². The van der Waals surface area contributed by atoms with Crippen LogP contribution in [0.15, 0.2) is 24.5 Å². The first kappa shape index (κ1) is 15.0. The molecule has 1 amide bonds. The van der Waals surface area contributed by atoms with E-state index in [0.717, 1.165) is 0 Å². The van der Waals surface area contributed by atoms with Gasteiger partial charge < -0.3 is 35.2 Å². The third-order valence-electron chi connectivity index (χ3n) is 4.64. The van der Waals surface area contributed by atoms with Gasteiger partial charge in [-0.3, -0.25) is 4.79 Å². The Morgan fingerprint density at radius 3 is 2.69 bits per heavy atom. The number of likely N-dealkylation sites (N-methyl/N-ethyl adjacent to an activating group) is 1. The topological polar surface area (TPSA) is 152 Å². The van der Waals surface area contributed by atoms with Gasteiger partial charge in [-0.1, -0.05) is 0 Å². The van der Waals surface area contributed by atoms with Gasteiger partial charge in [-0.05, 0) is 6.07 Å². The average Bonchev–Trinajstić information content (AvgIpc) is 2.95. The number of carbonyl (C=O) groups excluding carboxylic acids is 1. The van der Waals surface area contributed by atoms with Gasteiger partial charge in [-0.2, -0.15) is 4.57 Å². The monoisotopic (exact) mass is 372 g/mol. The largest absolute Gasteiger partial charge is 0.479 e. The Kier molecular flexibility index (Phi) is 3.98. The molecular formula is C16H21N2O8+. The van der Waals surface area contributed by atoms with Gasteiger partial charge in [0.15, 0.2) is 24.6 Å². The van der Waals surface area contributed by atoms with Crippen molar-refractivity contribution in [3.05, 3.63) is 30.1 Å². The lowest BCUT2D eigenvalue weighted by molar-refractivity contribution is -0.777. The average molecular weight is 372 g/mol. The van der Waals surface area contributed by atoms with E-state index >= 15 is 0 Å². The lowest BCUT2D eigenvalue weighted by Crippen LogP contribution is -2.63. The number of carbonyl (C=O) groups is 2. The Morgan fingerprint density at radius 2 is 2.04 bits per heavy atom. The van der Waals surface area contributed by atoms with Crippen LogP contribution in [0.2, 0.25) is 0 Å². The molecule has 26 heavy (non-hydrogen) atoms. The third-order valence-corrected chi connectivity index (χ3v) is 4.64. The van der Waals surface area contributed by atoms with Gasteiger partial charge in [-0.15, -0.1) is 0 Å². The third kappa shape index (κ3) is 3.06. The molecule has 2 aliphatic heterocycles. The van der Waals surface area contributed by atoms with Crippen LogP contribution in [-0.4, -0.2) is 79.8 Å². The van der Waals surface area contributed by atoms with E-state index in [0.29, 0.717) is 4.90 Å². The first-order valence-electron chi connectivity index (χ1n) is 9.38. The summed E-state index contributed by atoms with van der Waals surface area (Å²) in [5, 5.41) is 49.0. The number of carboxylic acids is 1. The van der Waals surface area contributed by atoms with Crippen molar-refractivity contribution in [1.82, 2.24) is 4.90 Å². The highest BCUT2D eigenvalue weighted by Crippen LogP contribution is 2.31. The second-order valence-corrected chi connectivity index (χ2v) is 6.32. The highest BCUT2D eigenvalue weighted by atomic mass is 16.6. The molecule has 10 nitrogen and oxygen atoms in total. The van der Waals surface area contributed by atoms with Gasteiger partial charge in [0, 0.05) is 29.1 Å².